The Hall–Kier alpha value is -3.29. The third-order valence-corrected chi connectivity index (χ3v) is 18.4. The second-order valence-electron chi connectivity index (χ2n) is 12.6. The molecule has 1 atom stereocenters. The molecule has 0 N–H and O–H groups in total. The molecule has 0 saturated carbocycles. The summed E-state index contributed by atoms with van der Waals surface area (Å²) in [6.45, 7) is 9.40. The van der Waals surface area contributed by atoms with Gasteiger partial charge in [-0.15, -0.1) is 0 Å². The molecule has 43 heavy (non-hydrogen) atoms. The van der Waals surface area contributed by atoms with Gasteiger partial charge in [-0.2, -0.15) is 0 Å². The SMILES string of the molecule is C[C@@H](CCCC[P+](c1ccccc1)(c1ccccc1)c1ccccc1)O[Si](c1ccccc1)(c1ccccc1)C(C)(C)C. The molecule has 0 saturated heterocycles. The van der Waals surface area contributed by atoms with Crippen LogP contribution in [0.2, 0.25) is 5.04 Å². The Kier molecular flexibility index (Phi) is 10.1. The molecule has 3 heteroatoms. The highest BCUT2D eigenvalue weighted by Crippen LogP contribution is 2.56. The van der Waals surface area contributed by atoms with Crippen LogP contribution < -0.4 is 26.3 Å². The minimum Gasteiger partial charge on any atom is -0.405 e. The highest BCUT2D eigenvalue weighted by atomic mass is 31.2. The molecule has 0 unspecified atom stereocenters. The smallest absolute Gasteiger partial charge is 0.261 e. The molecule has 1 nitrogen and oxygen atoms in total. The number of benzene rings is 5. The lowest BCUT2D eigenvalue weighted by Crippen LogP contribution is -2.67. The van der Waals surface area contributed by atoms with Gasteiger partial charge < -0.3 is 4.43 Å². The minimum absolute atomic E-state index is 0.0153. The van der Waals surface area contributed by atoms with Crippen LogP contribution in [0.25, 0.3) is 0 Å². The van der Waals surface area contributed by atoms with Gasteiger partial charge in [0.2, 0.25) is 0 Å². The van der Waals surface area contributed by atoms with Gasteiger partial charge in [-0.05, 0) is 78.0 Å². The van der Waals surface area contributed by atoms with Crippen LogP contribution in [0, 0.1) is 0 Å². The molecule has 5 aromatic rings. The van der Waals surface area contributed by atoms with Crippen molar-refractivity contribution < 1.29 is 4.43 Å². The maximum absolute atomic E-state index is 7.41. The predicted molar refractivity (Wildman–Crippen MR) is 192 cm³/mol. The van der Waals surface area contributed by atoms with Gasteiger partial charge in [-0.1, -0.05) is 136 Å². The lowest BCUT2D eigenvalue weighted by atomic mass is 10.2. The fourth-order valence-corrected chi connectivity index (χ4v) is 15.9. The van der Waals surface area contributed by atoms with Crippen LogP contribution in [0.4, 0.5) is 0 Å². The molecule has 5 aromatic carbocycles. The number of unbranched alkanes of at least 4 members (excludes halogenated alkanes) is 1. The van der Waals surface area contributed by atoms with Crippen LogP contribution >= 0.6 is 7.26 Å². The fourth-order valence-electron chi connectivity index (χ4n) is 6.71. The third kappa shape index (κ3) is 6.63. The van der Waals surface area contributed by atoms with Gasteiger partial charge >= 0.3 is 0 Å². The van der Waals surface area contributed by atoms with Gasteiger partial charge in [0, 0.05) is 6.10 Å². The van der Waals surface area contributed by atoms with E-state index in [4.69, 9.17) is 4.43 Å². The second-order valence-corrected chi connectivity index (χ2v) is 20.5. The molecule has 0 aliphatic heterocycles. The summed E-state index contributed by atoms with van der Waals surface area (Å²) in [4.78, 5) is 0. The predicted octanol–water partition coefficient (Wildman–Crippen LogP) is 8.12. The summed E-state index contributed by atoms with van der Waals surface area (Å²) >= 11 is 0. The van der Waals surface area contributed by atoms with E-state index in [9.17, 15) is 0 Å². The summed E-state index contributed by atoms with van der Waals surface area (Å²) in [6.07, 6.45) is 4.64. The van der Waals surface area contributed by atoms with Crippen LogP contribution in [0.1, 0.15) is 47.0 Å². The Morgan fingerprint density at radius 1 is 0.535 bits per heavy atom. The van der Waals surface area contributed by atoms with Crippen molar-refractivity contribution in [1.82, 2.24) is 0 Å². The first-order chi connectivity index (χ1) is 20.9. The van der Waals surface area contributed by atoms with Crippen molar-refractivity contribution in [2.75, 3.05) is 6.16 Å². The summed E-state index contributed by atoms with van der Waals surface area (Å²) in [5, 5.41) is 7.07. The lowest BCUT2D eigenvalue weighted by molar-refractivity contribution is 0.193. The Labute approximate surface area is 261 Å². The Bertz CT molecular complexity index is 1380. The minimum atomic E-state index is -2.56. The number of hydrogen-bond acceptors (Lipinski definition) is 1. The normalized spacial score (nSPS) is 13.0. The van der Waals surface area contributed by atoms with Crippen LogP contribution in [0.15, 0.2) is 152 Å². The zero-order chi connectivity index (χ0) is 30.2. The van der Waals surface area contributed by atoms with E-state index in [0.29, 0.717) is 0 Å². The topological polar surface area (TPSA) is 9.23 Å². The van der Waals surface area contributed by atoms with E-state index in [1.54, 1.807) is 0 Å². The molecule has 0 aromatic heterocycles. The lowest BCUT2D eigenvalue weighted by Gasteiger charge is -2.44. The zero-order valence-corrected chi connectivity index (χ0v) is 28.1. The molecule has 0 aliphatic rings. The van der Waals surface area contributed by atoms with Crippen LogP contribution in [-0.4, -0.2) is 20.6 Å². The first-order valence-electron chi connectivity index (χ1n) is 15.7. The highest BCUT2D eigenvalue weighted by Gasteiger charge is 2.51. The number of hydrogen-bond donors (Lipinski definition) is 0. The quantitative estimate of drug-likeness (QED) is 0.0797. The summed E-state index contributed by atoms with van der Waals surface area (Å²) in [6, 6.07) is 55.8. The molecular formula is C40H46OPSi+. The summed E-state index contributed by atoms with van der Waals surface area (Å²) in [5.74, 6) is 0. The fraction of sp³-hybridized carbons (Fsp3) is 0.250. The van der Waals surface area contributed by atoms with Gasteiger partial charge in [-0.25, -0.2) is 0 Å². The summed E-state index contributed by atoms with van der Waals surface area (Å²) in [5.41, 5.74) is 0. The van der Waals surface area contributed by atoms with Gasteiger partial charge in [0.25, 0.3) is 8.32 Å². The summed E-state index contributed by atoms with van der Waals surface area (Å²) < 4.78 is 7.41. The monoisotopic (exact) mass is 601 g/mol. The van der Waals surface area contributed by atoms with Crippen LogP contribution in [-0.2, 0) is 4.43 Å². The maximum atomic E-state index is 7.41. The number of rotatable bonds is 12. The van der Waals surface area contributed by atoms with Crippen molar-refractivity contribution in [3.63, 3.8) is 0 Å². The standard InChI is InChI=1S/C40H46OPSi/c1-34(41-43(40(2,3)4,38-29-16-8-17-30-38)39-31-18-9-19-32-39)22-20-21-33-42(35-23-10-5-11-24-35,36-25-12-6-13-26-36)37-27-14-7-15-28-37/h5-19,23-32,34H,20-22,33H2,1-4H3/q+1/t34-/m0/s1. The molecule has 5 rings (SSSR count). The van der Waals surface area contributed by atoms with Crippen molar-refractivity contribution in [3.8, 4) is 0 Å². The van der Waals surface area contributed by atoms with Gasteiger partial charge in [0.15, 0.2) is 0 Å². The second kappa shape index (κ2) is 14.0. The molecule has 0 aliphatic carbocycles. The molecule has 220 valence electrons. The first kappa shape index (κ1) is 31.1. The van der Waals surface area contributed by atoms with E-state index >= 15 is 0 Å². The van der Waals surface area contributed by atoms with Gasteiger partial charge in [-0.3, -0.25) is 0 Å². The van der Waals surface area contributed by atoms with Crippen molar-refractivity contribution in [1.29, 1.82) is 0 Å². The highest BCUT2D eigenvalue weighted by molar-refractivity contribution is 7.95. The molecular weight excluding hydrogens is 555 g/mol. The maximum Gasteiger partial charge on any atom is 0.261 e. The van der Waals surface area contributed by atoms with Crippen molar-refractivity contribution >= 4 is 41.9 Å². The van der Waals surface area contributed by atoms with Crippen LogP contribution in [0.3, 0.4) is 0 Å². The molecule has 0 fully saturated rings. The molecule has 0 heterocycles. The van der Waals surface area contributed by atoms with Crippen LogP contribution in [0.5, 0.6) is 0 Å². The molecule has 0 radical (unpaired) electrons. The van der Waals surface area contributed by atoms with Gasteiger partial charge in [0.1, 0.15) is 23.2 Å². The first-order valence-corrected chi connectivity index (χ1v) is 19.6. The van der Waals surface area contributed by atoms with Crippen molar-refractivity contribution in [3.05, 3.63) is 152 Å². The third-order valence-electron chi connectivity index (χ3n) is 8.74. The van der Waals surface area contributed by atoms with E-state index in [-0.39, 0.29) is 11.1 Å². The Morgan fingerprint density at radius 3 is 1.23 bits per heavy atom. The average molecular weight is 602 g/mol. The Morgan fingerprint density at radius 2 is 0.884 bits per heavy atom. The average Bonchev–Trinajstić information content (AvgIpc) is 3.05. The summed E-state index contributed by atoms with van der Waals surface area (Å²) in [7, 11) is -4.37. The van der Waals surface area contributed by atoms with E-state index < -0.39 is 15.6 Å². The largest absolute Gasteiger partial charge is 0.405 e. The molecule has 0 bridgehead atoms. The zero-order valence-electron chi connectivity index (χ0n) is 26.2. The van der Waals surface area contributed by atoms with E-state index in [1.165, 1.54) is 26.3 Å². The molecule has 0 spiro atoms. The van der Waals surface area contributed by atoms with E-state index in [0.717, 1.165) is 25.4 Å². The van der Waals surface area contributed by atoms with Crippen molar-refractivity contribution in [2.24, 2.45) is 0 Å². The van der Waals surface area contributed by atoms with E-state index in [1.807, 2.05) is 0 Å². The van der Waals surface area contributed by atoms with Crippen molar-refractivity contribution in [2.45, 2.75) is 58.1 Å². The van der Waals surface area contributed by atoms with Gasteiger partial charge in [0.05, 0.1) is 6.16 Å². The molecule has 0 amide bonds. The Balaban J connectivity index is 1.41. The van der Waals surface area contributed by atoms with E-state index in [2.05, 4.69) is 179 Å².